The highest BCUT2D eigenvalue weighted by atomic mass is 35.5. The van der Waals surface area contributed by atoms with Crippen molar-refractivity contribution in [3.8, 4) is 0 Å². The predicted molar refractivity (Wildman–Crippen MR) is 78.7 cm³/mol. The first-order valence-corrected chi connectivity index (χ1v) is 7.09. The van der Waals surface area contributed by atoms with Crippen LogP contribution in [0.25, 0.3) is 0 Å². The van der Waals surface area contributed by atoms with Crippen molar-refractivity contribution < 1.29 is 4.74 Å². The topological polar surface area (TPSA) is 21.3 Å². The van der Waals surface area contributed by atoms with Crippen LogP contribution < -0.4 is 5.32 Å². The van der Waals surface area contributed by atoms with E-state index in [1.165, 1.54) is 0 Å². The maximum atomic E-state index is 6.20. The molecule has 0 saturated carbocycles. The maximum absolute atomic E-state index is 6.20. The maximum Gasteiger partial charge on any atom is 0.0462 e. The monoisotopic (exact) mass is 289 g/mol. The molecular weight excluding hydrogens is 269 g/mol. The SMILES string of the molecule is CCNC(CCCOC)Cc1c(Cl)cccc1Cl. The predicted octanol–water partition coefficient (Wildman–Crippen LogP) is 3.94. The number of ether oxygens (including phenoxy) is 1. The highest BCUT2D eigenvalue weighted by Crippen LogP contribution is 2.26. The van der Waals surface area contributed by atoms with E-state index in [1.807, 2.05) is 18.2 Å². The van der Waals surface area contributed by atoms with Crippen LogP contribution in [0.1, 0.15) is 25.3 Å². The van der Waals surface area contributed by atoms with E-state index in [0.717, 1.165) is 48.0 Å². The van der Waals surface area contributed by atoms with Gasteiger partial charge in [0, 0.05) is 29.8 Å². The molecule has 0 spiro atoms. The first-order chi connectivity index (χ1) is 8.69. The molecule has 18 heavy (non-hydrogen) atoms. The Labute approximate surface area is 120 Å². The molecular formula is C14H21Cl2NO. The second-order valence-corrected chi connectivity index (χ2v) is 5.11. The Hall–Kier alpha value is -0.280. The minimum absolute atomic E-state index is 0.391. The smallest absolute Gasteiger partial charge is 0.0462 e. The van der Waals surface area contributed by atoms with Gasteiger partial charge in [0.05, 0.1) is 0 Å². The molecule has 0 radical (unpaired) electrons. The number of hydrogen-bond donors (Lipinski definition) is 1. The quantitative estimate of drug-likeness (QED) is 0.732. The van der Waals surface area contributed by atoms with Gasteiger partial charge in [-0.15, -0.1) is 0 Å². The van der Waals surface area contributed by atoms with Crippen LogP contribution in [-0.4, -0.2) is 26.3 Å². The number of benzene rings is 1. The molecule has 0 fully saturated rings. The zero-order valence-corrected chi connectivity index (χ0v) is 12.5. The Morgan fingerprint density at radius 1 is 1.28 bits per heavy atom. The molecule has 0 bridgehead atoms. The molecule has 1 aromatic carbocycles. The molecule has 0 aliphatic carbocycles. The van der Waals surface area contributed by atoms with Crippen LogP contribution in [0.4, 0.5) is 0 Å². The number of hydrogen-bond acceptors (Lipinski definition) is 2. The van der Waals surface area contributed by atoms with Crippen molar-refractivity contribution in [2.45, 2.75) is 32.2 Å². The number of methoxy groups -OCH3 is 1. The molecule has 0 saturated heterocycles. The first kappa shape index (κ1) is 15.8. The van der Waals surface area contributed by atoms with E-state index < -0.39 is 0 Å². The summed E-state index contributed by atoms with van der Waals surface area (Å²) < 4.78 is 5.09. The number of nitrogens with one attached hydrogen (secondary N) is 1. The first-order valence-electron chi connectivity index (χ1n) is 6.34. The molecule has 1 aromatic rings. The Kier molecular flexibility index (Phi) is 7.68. The van der Waals surface area contributed by atoms with E-state index in [4.69, 9.17) is 27.9 Å². The van der Waals surface area contributed by atoms with Crippen molar-refractivity contribution in [2.75, 3.05) is 20.3 Å². The third-order valence-electron chi connectivity index (χ3n) is 2.91. The van der Waals surface area contributed by atoms with Gasteiger partial charge in [-0.1, -0.05) is 36.2 Å². The minimum atomic E-state index is 0.391. The van der Waals surface area contributed by atoms with Crippen LogP contribution in [0, 0.1) is 0 Å². The van der Waals surface area contributed by atoms with Gasteiger partial charge in [0.1, 0.15) is 0 Å². The van der Waals surface area contributed by atoms with Crippen molar-refractivity contribution in [3.05, 3.63) is 33.8 Å². The molecule has 2 nitrogen and oxygen atoms in total. The Bertz CT molecular complexity index is 337. The third kappa shape index (κ3) is 5.15. The summed E-state index contributed by atoms with van der Waals surface area (Å²) in [5.74, 6) is 0. The van der Waals surface area contributed by atoms with Gasteiger partial charge in [-0.25, -0.2) is 0 Å². The van der Waals surface area contributed by atoms with E-state index in [9.17, 15) is 0 Å². The molecule has 1 rings (SSSR count). The lowest BCUT2D eigenvalue weighted by Crippen LogP contribution is -2.31. The number of rotatable bonds is 8. The molecule has 1 N–H and O–H groups in total. The van der Waals surface area contributed by atoms with Gasteiger partial charge in [0.25, 0.3) is 0 Å². The van der Waals surface area contributed by atoms with Gasteiger partial charge in [0.15, 0.2) is 0 Å². The average molecular weight is 290 g/mol. The van der Waals surface area contributed by atoms with E-state index in [1.54, 1.807) is 7.11 Å². The fourth-order valence-corrected chi connectivity index (χ4v) is 2.56. The van der Waals surface area contributed by atoms with E-state index in [0.29, 0.717) is 6.04 Å². The highest BCUT2D eigenvalue weighted by Gasteiger charge is 2.13. The molecule has 0 heterocycles. The largest absolute Gasteiger partial charge is 0.385 e. The van der Waals surface area contributed by atoms with Crippen LogP contribution in [0.15, 0.2) is 18.2 Å². The fourth-order valence-electron chi connectivity index (χ4n) is 2.01. The van der Waals surface area contributed by atoms with Crippen LogP contribution in [-0.2, 0) is 11.2 Å². The van der Waals surface area contributed by atoms with Gasteiger partial charge < -0.3 is 10.1 Å². The van der Waals surface area contributed by atoms with Crippen molar-refractivity contribution in [2.24, 2.45) is 0 Å². The lowest BCUT2D eigenvalue weighted by atomic mass is 10.0. The summed E-state index contributed by atoms with van der Waals surface area (Å²) in [7, 11) is 1.73. The summed E-state index contributed by atoms with van der Waals surface area (Å²) in [6.07, 6.45) is 2.95. The van der Waals surface area contributed by atoms with E-state index >= 15 is 0 Å². The van der Waals surface area contributed by atoms with Crippen LogP contribution in [0.3, 0.4) is 0 Å². The summed E-state index contributed by atoms with van der Waals surface area (Å²) in [5.41, 5.74) is 1.03. The third-order valence-corrected chi connectivity index (χ3v) is 3.61. The van der Waals surface area contributed by atoms with Crippen molar-refractivity contribution >= 4 is 23.2 Å². The standard InChI is InChI=1S/C14H21Cl2NO/c1-3-17-11(6-5-9-18-2)10-12-13(15)7-4-8-14(12)16/h4,7-8,11,17H,3,5-6,9-10H2,1-2H3. The number of likely N-dealkylation sites (N-methyl/N-ethyl adjacent to an activating group) is 1. The molecule has 0 aliphatic rings. The Morgan fingerprint density at radius 2 is 1.94 bits per heavy atom. The minimum Gasteiger partial charge on any atom is -0.385 e. The normalized spacial score (nSPS) is 12.7. The molecule has 1 atom stereocenters. The van der Waals surface area contributed by atoms with Crippen LogP contribution in [0.5, 0.6) is 0 Å². The van der Waals surface area contributed by atoms with Gasteiger partial charge >= 0.3 is 0 Å². The zero-order chi connectivity index (χ0) is 13.4. The van der Waals surface area contributed by atoms with E-state index in [-0.39, 0.29) is 0 Å². The van der Waals surface area contributed by atoms with Crippen molar-refractivity contribution in [3.63, 3.8) is 0 Å². The summed E-state index contributed by atoms with van der Waals surface area (Å²) in [6.45, 7) is 3.84. The second-order valence-electron chi connectivity index (χ2n) is 4.29. The van der Waals surface area contributed by atoms with Gasteiger partial charge in [-0.2, -0.15) is 0 Å². The molecule has 4 heteroatoms. The summed E-state index contributed by atoms with van der Waals surface area (Å²) in [6, 6.07) is 6.05. The zero-order valence-electron chi connectivity index (χ0n) is 11.0. The van der Waals surface area contributed by atoms with Gasteiger partial charge in [-0.05, 0) is 43.5 Å². The fraction of sp³-hybridized carbons (Fsp3) is 0.571. The highest BCUT2D eigenvalue weighted by molar-refractivity contribution is 6.35. The molecule has 0 aliphatic heterocycles. The lowest BCUT2D eigenvalue weighted by molar-refractivity contribution is 0.188. The van der Waals surface area contributed by atoms with Crippen LogP contribution in [0.2, 0.25) is 10.0 Å². The Morgan fingerprint density at radius 3 is 2.50 bits per heavy atom. The second kappa shape index (κ2) is 8.76. The Balaban J connectivity index is 2.64. The molecule has 0 amide bonds. The average Bonchev–Trinajstić information content (AvgIpc) is 2.34. The van der Waals surface area contributed by atoms with E-state index in [2.05, 4.69) is 12.2 Å². The lowest BCUT2D eigenvalue weighted by Gasteiger charge is -2.19. The summed E-state index contributed by atoms with van der Waals surface area (Å²) in [5, 5.41) is 4.97. The van der Waals surface area contributed by atoms with Gasteiger partial charge in [0.2, 0.25) is 0 Å². The molecule has 102 valence electrons. The summed E-state index contributed by atoms with van der Waals surface area (Å²) >= 11 is 12.4. The van der Waals surface area contributed by atoms with Crippen molar-refractivity contribution in [1.29, 1.82) is 0 Å². The molecule has 0 aromatic heterocycles. The number of halogens is 2. The van der Waals surface area contributed by atoms with Gasteiger partial charge in [-0.3, -0.25) is 0 Å². The van der Waals surface area contributed by atoms with Crippen LogP contribution >= 0.6 is 23.2 Å². The summed E-state index contributed by atoms with van der Waals surface area (Å²) in [4.78, 5) is 0. The van der Waals surface area contributed by atoms with Crippen molar-refractivity contribution in [1.82, 2.24) is 5.32 Å². The molecule has 1 unspecified atom stereocenters.